The van der Waals surface area contributed by atoms with Gasteiger partial charge in [-0.05, 0) is 120 Å². The first kappa shape index (κ1) is 52.9. The minimum atomic E-state index is -5.07. The molecule has 0 fully saturated rings. The molecule has 6 aromatic rings. The SMILES string of the molecule is O=C(/C=C(\[O-])C(F)(F)F)c1ccc(F)cc1.O=C(/C=C(\[O-])C(F)(F)F)c1ccc(F)cc1.O=C(/C=C(\[O-])C(F)(F)F)c1ccc(F)cc1.[Dy+3].c1cnc2c(c1)ccc1cccnc12. The van der Waals surface area contributed by atoms with Gasteiger partial charge >= 0.3 is 56.7 Å². The Morgan fingerprint density at radius 1 is 0.413 bits per heavy atom. The summed E-state index contributed by atoms with van der Waals surface area (Å²) in [6.45, 7) is 0. The minimum absolute atomic E-state index is 0. The quantitative estimate of drug-likeness (QED) is 0.0534. The first-order valence-corrected chi connectivity index (χ1v) is 16.7. The van der Waals surface area contributed by atoms with Crippen LogP contribution in [0.25, 0.3) is 21.8 Å². The summed E-state index contributed by atoms with van der Waals surface area (Å²) < 4.78 is 143. The van der Waals surface area contributed by atoms with Crippen molar-refractivity contribution in [2.24, 2.45) is 0 Å². The normalized spacial score (nSPS) is 12.0. The van der Waals surface area contributed by atoms with E-state index >= 15 is 0 Å². The number of allylic oxidation sites excluding steroid dienone is 6. The van der Waals surface area contributed by atoms with E-state index < -0.39 is 70.6 Å². The monoisotopic (exact) mass is 1040 g/mol. The third-order valence-electron chi connectivity index (χ3n) is 7.36. The van der Waals surface area contributed by atoms with Crippen molar-refractivity contribution in [2.45, 2.75) is 18.5 Å². The summed E-state index contributed by atoms with van der Waals surface area (Å²) in [6.07, 6.45) is -11.8. The van der Waals surface area contributed by atoms with E-state index in [1.54, 1.807) is 12.4 Å². The smallest absolute Gasteiger partial charge is 0.869 e. The zero-order valence-electron chi connectivity index (χ0n) is 31.0. The summed E-state index contributed by atoms with van der Waals surface area (Å²) in [5.74, 6) is -11.9. The van der Waals surface area contributed by atoms with Gasteiger partial charge in [0.05, 0.1) is 11.0 Å². The van der Waals surface area contributed by atoms with Gasteiger partial charge in [-0.2, -0.15) is 39.5 Å². The van der Waals surface area contributed by atoms with Crippen LogP contribution in [0, 0.1) is 55.6 Å². The number of fused-ring (bicyclic) bond motifs is 3. The molecule has 331 valence electrons. The predicted molar refractivity (Wildman–Crippen MR) is 192 cm³/mol. The van der Waals surface area contributed by atoms with Crippen molar-refractivity contribution in [3.05, 3.63) is 191 Å². The number of pyridine rings is 2. The van der Waals surface area contributed by atoms with E-state index in [0.717, 1.165) is 94.6 Å². The van der Waals surface area contributed by atoms with Crippen molar-refractivity contribution in [3.8, 4) is 0 Å². The molecule has 0 saturated carbocycles. The van der Waals surface area contributed by atoms with Gasteiger partial charge in [0.1, 0.15) is 17.5 Å². The number of benzene rings is 4. The maximum atomic E-state index is 12.4. The number of aromatic nitrogens is 2. The number of halogens is 12. The van der Waals surface area contributed by atoms with E-state index in [-0.39, 0.29) is 73.1 Å². The summed E-state index contributed by atoms with van der Waals surface area (Å²) in [4.78, 5) is 42.0. The van der Waals surface area contributed by atoms with Gasteiger partial charge in [-0.25, -0.2) is 13.2 Å². The molecule has 0 N–H and O–H groups in total. The van der Waals surface area contributed by atoms with E-state index in [9.17, 15) is 82.4 Å². The van der Waals surface area contributed by atoms with Crippen molar-refractivity contribution in [1.82, 2.24) is 9.97 Å². The topological polar surface area (TPSA) is 146 Å². The molecule has 6 rings (SSSR count). The summed E-state index contributed by atoms with van der Waals surface area (Å²) in [7, 11) is 0. The number of ketones is 3. The van der Waals surface area contributed by atoms with Crippen LogP contribution in [-0.4, -0.2) is 45.8 Å². The molecule has 0 saturated heterocycles. The van der Waals surface area contributed by atoms with E-state index in [0.29, 0.717) is 0 Å². The van der Waals surface area contributed by atoms with Crippen LogP contribution < -0.4 is 15.3 Å². The molecule has 0 spiro atoms. The van der Waals surface area contributed by atoms with Gasteiger partial charge in [-0.1, -0.05) is 24.3 Å². The fourth-order valence-electron chi connectivity index (χ4n) is 4.37. The second kappa shape index (κ2) is 23.3. The fraction of sp³-hybridized carbons (Fsp3) is 0.0714. The molecule has 0 amide bonds. The van der Waals surface area contributed by atoms with Crippen molar-refractivity contribution >= 4 is 39.2 Å². The van der Waals surface area contributed by atoms with Gasteiger partial charge in [0, 0.05) is 39.9 Å². The van der Waals surface area contributed by atoms with Gasteiger partial charge in [0.2, 0.25) is 0 Å². The minimum Gasteiger partial charge on any atom is -0.869 e. The molecule has 0 bridgehead atoms. The zero-order valence-corrected chi connectivity index (χ0v) is 33.0. The Morgan fingerprint density at radius 2 is 0.651 bits per heavy atom. The molecule has 2 aromatic heterocycles. The summed E-state index contributed by atoms with van der Waals surface area (Å²) in [5, 5.41) is 33.6. The van der Waals surface area contributed by atoms with Crippen LogP contribution >= 0.6 is 0 Å². The Labute approximate surface area is 377 Å². The molecular formula is C42H23DyF12N2O6. The Hall–Kier alpha value is -6.24. The van der Waals surface area contributed by atoms with Crippen LogP contribution in [0.2, 0.25) is 0 Å². The average molecular weight is 1040 g/mol. The molecule has 21 heteroatoms. The van der Waals surface area contributed by atoms with Crippen molar-refractivity contribution in [3.63, 3.8) is 0 Å². The van der Waals surface area contributed by atoms with E-state index in [1.165, 1.54) is 0 Å². The molecule has 8 nitrogen and oxygen atoms in total. The molecule has 63 heavy (non-hydrogen) atoms. The predicted octanol–water partition coefficient (Wildman–Crippen LogP) is 8.23. The third kappa shape index (κ3) is 17.2. The Kier molecular flexibility index (Phi) is 19.5. The number of carbonyl (C=O) groups excluding carboxylic acids is 3. The van der Waals surface area contributed by atoms with E-state index in [2.05, 4.69) is 34.2 Å². The summed E-state index contributed by atoms with van der Waals surface area (Å²) in [5.41, 5.74) is 1.41. The number of hydrogen-bond acceptors (Lipinski definition) is 8. The molecule has 2 heterocycles. The molecule has 0 aliphatic carbocycles. The van der Waals surface area contributed by atoms with Gasteiger partial charge in [0.15, 0.2) is 17.3 Å². The first-order valence-electron chi connectivity index (χ1n) is 16.7. The zero-order chi connectivity index (χ0) is 46.4. The second-order valence-corrected chi connectivity index (χ2v) is 11.8. The number of alkyl halides is 9. The molecule has 0 aliphatic rings. The molecule has 4 aromatic carbocycles. The molecule has 0 unspecified atom stereocenters. The Bertz CT molecular complexity index is 2340. The number of carbonyl (C=O) groups is 3. The van der Waals surface area contributed by atoms with Crippen LogP contribution in [0.4, 0.5) is 52.7 Å². The maximum Gasteiger partial charge on any atom is 3.00 e. The van der Waals surface area contributed by atoms with E-state index in [4.69, 9.17) is 0 Å². The summed E-state index contributed by atoms with van der Waals surface area (Å²) >= 11 is 0. The first-order chi connectivity index (χ1) is 28.9. The van der Waals surface area contributed by atoms with Crippen molar-refractivity contribution in [1.29, 1.82) is 0 Å². The average Bonchev–Trinajstić information content (AvgIpc) is 3.21. The van der Waals surface area contributed by atoms with Gasteiger partial charge in [0.25, 0.3) is 0 Å². The molecule has 0 atom stereocenters. The Balaban J connectivity index is 0.000000288. The van der Waals surface area contributed by atoms with Crippen LogP contribution in [-0.2, 0) is 0 Å². The molecular weight excluding hydrogens is 1020 g/mol. The van der Waals surface area contributed by atoms with Crippen molar-refractivity contribution in [2.75, 3.05) is 0 Å². The van der Waals surface area contributed by atoms with Crippen molar-refractivity contribution < 1.29 is 121 Å². The summed E-state index contributed by atoms with van der Waals surface area (Å²) in [6, 6.07) is 23.6. The van der Waals surface area contributed by atoms with Gasteiger partial charge < -0.3 is 15.3 Å². The third-order valence-corrected chi connectivity index (χ3v) is 7.36. The fourth-order valence-corrected chi connectivity index (χ4v) is 4.37. The molecule has 0 aliphatic heterocycles. The van der Waals surface area contributed by atoms with Gasteiger partial charge in [-0.3, -0.25) is 24.4 Å². The van der Waals surface area contributed by atoms with Crippen LogP contribution in [0.15, 0.2) is 157 Å². The second-order valence-electron chi connectivity index (χ2n) is 11.8. The number of hydrogen-bond donors (Lipinski definition) is 0. The van der Waals surface area contributed by atoms with E-state index in [1.807, 2.05) is 12.1 Å². The van der Waals surface area contributed by atoms with Crippen LogP contribution in [0.3, 0.4) is 0 Å². The number of nitrogens with zero attached hydrogens (tertiary/aromatic N) is 2. The standard InChI is InChI=1S/C12H8N2.3C10H6F4O2.Dy/c1-3-9-5-6-10-4-2-8-14-12(10)11(9)13-7-1;3*11-7-3-1-6(2-4-7)8(15)5-9(16)10(12,13)14;/h1-8H;3*1-5,16H;/q;;;;+3/p-3/b;3*9-5-;. The van der Waals surface area contributed by atoms with Gasteiger partial charge in [-0.15, -0.1) is 0 Å². The molecule has 1 radical (unpaired) electrons. The largest absolute Gasteiger partial charge is 3.00 e. The maximum absolute atomic E-state index is 12.4. The van der Waals surface area contributed by atoms with Crippen LogP contribution in [0.1, 0.15) is 31.1 Å². The Morgan fingerprint density at radius 3 is 0.873 bits per heavy atom. The van der Waals surface area contributed by atoms with Crippen LogP contribution in [0.5, 0.6) is 0 Å². The number of rotatable bonds is 6.